The Balaban J connectivity index is 1.15. The first-order valence-corrected chi connectivity index (χ1v) is 16.8. The van der Waals surface area contributed by atoms with Gasteiger partial charge in [0.15, 0.2) is 5.82 Å². The number of fused-ring (bicyclic) bond motifs is 6. The van der Waals surface area contributed by atoms with Gasteiger partial charge in [0.2, 0.25) is 0 Å². The second kappa shape index (κ2) is 11.4. The van der Waals surface area contributed by atoms with Crippen LogP contribution in [-0.4, -0.2) is 14.5 Å². The Hall–Kier alpha value is -6.78. The molecule has 0 saturated carbocycles. The minimum atomic E-state index is 0.666. The van der Waals surface area contributed by atoms with Crippen LogP contribution in [-0.2, 0) is 0 Å². The summed E-state index contributed by atoms with van der Waals surface area (Å²) in [6.07, 6.45) is 0. The van der Waals surface area contributed by atoms with Gasteiger partial charge in [-0.15, -0.1) is 0 Å². The molecule has 50 heavy (non-hydrogen) atoms. The Kier molecular flexibility index (Phi) is 6.46. The highest BCUT2D eigenvalue weighted by molar-refractivity contribution is 6.13. The van der Waals surface area contributed by atoms with Crippen LogP contribution in [0.15, 0.2) is 180 Å². The van der Waals surface area contributed by atoms with Gasteiger partial charge in [-0.2, -0.15) is 0 Å². The average Bonchev–Trinajstić information content (AvgIpc) is 3.74. The lowest BCUT2D eigenvalue weighted by molar-refractivity contribution is 0.668. The van der Waals surface area contributed by atoms with Crippen LogP contribution < -0.4 is 0 Å². The summed E-state index contributed by atoms with van der Waals surface area (Å²) in [4.78, 5) is 10.3. The van der Waals surface area contributed by atoms with Gasteiger partial charge in [-0.3, -0.25) is 0 Å². The summed E-state index contributed by atoms with van der Waals surface area (Å²) in [5.41, 5.74) is 12.2. The molecule has 0 spiro atoms. The number of rotatable bonds is 5. The highest BCUT2D eigenvalue weighted by atomic mass is 16.3. The van der Waals surface area contributed by atoms with Crippen molar-refractivity contribution in [3.05, 3.63) is 176 Å². The number of nitrogens with zero attached hydrogens (tertiary/aromatic N) is 3. The SMILES string of the molecule is c1ccc(-c2ccc3c(c2)c2ccccc2n3-c2ccc3c(c2)oc2cccc(-c4nc(-c5ccccc5)cc(-c5ccccc5)n4)c23)cc1. The van der Waals surface area contributed by atoms with E-state index in [1.807, 2.05) is 48.5 Å². The second-order valence-corrected chi connectivity index (χ2v) is 12.6. The number of benzene rings is 7. The smallest absolute Gasteiger partial charge is 0.161 e. The maximum Gasteiger partial charge on any atom is 0.161 e. The highest BCUT2D eigenvalue weighted by Crippen LogP contribution is 2.40. The van der Waals surface area contributed by atoms with Gasteiger partial charge in [-0.1, -0.05) is 127 Å². The van der Waals surface area contributed by atoms with Gasteiger partial charge in [0.05, 0.1) is 22.4 Å². The highest BCUT2D eigenvalue weighted by Gasteiger charge is 2.19. The van der Waals surface area contributed by atoms with Crippen LogP contribution in [0.3, 0.4) is 0 Å². The zero-order valence-electron chi connectivity index (χ0n) is 27.0. The molecule has 0 unspecified atom stereocenters. The third kappa shape index (κ3) is 4.61. The molecule has 4 heteroatoms. The van der Waals surface area contributed by atoms with E-state index in [-0.39, 0.29) is 0 Å². The van der Waals surface area contributed by atoms with Crippen molar-refractivity contribution in [2.75, 3.05) is 0 Å². The molecule has 234 valence electrons. The molecule has 0 fully saturated rings. The van der Waals surface area contributed by atoms with E-state index >= 15 is 0 Å². The molecule has 4 nitrogen and oxygen atoms in total. The minimum absolute atomic E-state index is 0.666. The summed E-state index contributed by atoms with van der Waals surface area (Å²) in [6.45, 7) is 0. The first-order valence-electron chi connectivity index (χ1n) is 16.8. The van der Waals surface area contributed by atoms with Crippen molar-refractivity contribution in [3.63, 3.8) is 0 Å². The predicted molar refractivity (Wildman–Crippen MR) is 205 cm³/mol. The van der Waals surface area contributed by atoms with E-state index in [4.69, 9.17) is 14.4 Å². The van der Waals surface area contributed by atoms with E-state index in [0.717, 1.165) is 66.7 Å². The molecule has 3 heterocycles. The van der Waals surface area contributed by atoms with Crippen molar-refractivity contribution in [2.45, 2.75) is 0 Å². The molecule has 0 aliphatic heterocycles. The molecule has 10 aromatic rings. The molecule has 3 aromatic heterocycles. The van der Waals surface area contributed by atoms with E-state index in [9.17, 15) is 0 Å². The Labute approximate surface area is 288 Å². The quantitative estimate of drug-likeness (QED) is 0.188. The average molecular weight is 640 g/mol. The van der Waals surface area contributed by atoms with Crippen LogP contribution >= 0.6 is 0 Å². The van der Waals surface area contributed by atoms with E-state index in [0.29, 0.717) is 5.82 Å². The van der Waals surface area contributed by atoms with Crippen molar-refractivity contribution >= 4 is 43.7 Å². The lowest BCUT2D eigenvalue weighted by atomic mass is 10.0. The standard InChI is InChI=1S/C46H29N3O/c1-4-13-30(14-5-1)33-23-26-42-38(27-33)35-19-10-11-21-41(35)49(42)34-24-25-36-44(28-34)50-43-22-12-20-37(45(36)43)46-47-39(31-15-6-2-7-16-31)29-40(48-46)32-17-8-3-9-18-32/h1-29H. The number of furan rings is 1. The van der Waals surface area contributed by atoms with Gasteiger partial charge in [-0.25, -0.2) is 9.97 Å². The Morgan fingerprint density at radius 3 is 1.76 bits per heavy atom. The molecule has 10 rings (SSSR count). The van der Waals surface area contributed by atoms with Crippen molar-refractivity contribution in [1.29, 1.82) is 0 Å². The predicted octanol–water partition coefficient (Wildman–Crippen LogP) is 12.1. The van der Waals surface area contributed by atoms with Gasteiger partial charge in [0.1, 0.15) is 11.2 Å². The first kappa shape index (κ1) is 28.3. The number of aromatic nitrogens is 3. The second-order valence-electron chi connectivity index (χ2n) is 12.6. The van der Waals surface area contributed by atoms with Crippen LogP contribution in [0.5, 0.6) is 0 Å². The first-order chi connectivity index (χ1) is 24.8. The molecule has 0 amide bonds. The van der Waals surface area contributed by atoms with Crippen LogP contribution in [0.1, 0.15) is 0 Å². The number of hydrogen-bond donors (Lipinski definition) is 0. The third-order valence-electron chi connectivity index (χ3n) is 9.62. The van der Waals surface area contributed by atoms with Gasteiger partial charge >= 0.3 is 0 Å². The number of hydrogen-bond acceptors (Lipinski definition) is 3. The minimum Gasteiger partial charge on any atom is -0.456 e. The molecular weight excluding hydrogens is 611 g/mol. The van der Waals surface area contributed by atoms with Crippen LogP contribution in [0.25, 0.3) is 94.5 Å². The fourth-order valence-corrected chi connectivity index (χ4v) is 7.28. The summed E-state index contributed by atoms with van der Waals surface area (Å²) in [6, 6.07) is 61.3. The molecule has 0 saturated heterocycles. The van der Waals surface area contributed by atoms with E-state index in [2.05, 4.69) is 132 Å². The number of para-hydroxylation sites is 1. The lowest BCUT2D eigenvalue weighted by Crippen LogP contribution is -1.96. The van der Waals surface area contributed by atoms with Gasteiger partial charge in [0.25, 0.3) is 0 Å². The largest absolute Gasteiger partial charge is 0.456 e. The summed E-state index contributed by atoms with van der Waals surface area (Å²) < 4.78 is 8.95. The van der Waals surface area contributed by atoms with Crippen LogP contribution in [0.2, 0.25) is 0 Å². The maximum atomic E-state index is 6.62. The third-order valence-corrected chi connectivity index (χ3v) is 9.62. The van der Waals surface area contributed by atoms with Crippen molar-refractivity contribution < 1.29 is 4.42 Å². The Bertz CT molecular complexity index is 2800. The van der Waals surface area contributed by atoms with E-state index in [1.54, 1.807) is 0 Å². The van der Waals surface area contributed by atoms with Crippen molar-refractivity contribution in [2.24, 2.45) is 0 Å². The molecule has 0 N–H and O–H groups in total. The maximum absolute atomic E-state index is 6.62. The van der Waals surface area contributed by atoms with Crippen LogP contribution in [0.4, 0.5) is 0 Å². The van der Waals surface area contributed by atoms with Crippen molar-refractivity contribution in [1.82, 2.24) is 14.5 Å². The Morgan fingerprint density at radius 2 is 1.04 bits per heavy atom. The molecule has 0 radical (unpaired) electrons. The Morgan fingerprint density at radius 1 is 0.400 bits per heavy atom. The van der Waals surface area contributed by atoms with Crippen LogP contribution in [0, 0.1) is 0 Å². The lowest BCUT2D eigenvalue weighted by Gasteiger charge is -2.10. The normalized spacial score (nSPS) is 11.6. The van der Waals surface area contributed by atoms with E-state index < -0.39 is 0 Å². The molecular formula is C46H29N3O. The monoisotopic (exact) mass is 639 g/mol. The van der Waals surface area contributed by atoms with Gasteiger partial charge < -0.3 is 8.98 Å². The van der Waals surface area contributed by atoms with Gasteiger partial charge in [0, 0.05) is 50.0 Å². The van der Waals surface area contributed by atoms with Crippen molar-refractivity contribution in [3.8, 4) is 50.7 Å². The van der Waals surface area contributed by atoms with Gasteiger partial charge in [-0.05, 0) is 53.6 Å². The summed E-state index contributed by atoms with van der Waals surface area (Å²) in [5.74, 6) is 0.666. The fourth-order valence-electron chi connectivity index (χ4n) is 7.28. The molecule has 7 aromatic carbocycles. The molecule has 0 bridgehead atoms. The zero-order valence-corrected chi connectivity index (χ0v) is 27.0. The fraction of sp³-hybridized carbons (Fsp3) is 0. The zero-order chi connectivity index (χ0) is 33.0. The molecule has 0 aliphatic rings. The summed E-state index contributed by atoms with van der Waals surface area (Å²) >= 11 is 0. The summed E-state index contributed by atoms with van der Waals surface area (Å²) in [7, 11) is 0. The van der Waals surface area contributed by atoms with E-state index in [1.165, 1.54) is 21.9 Å². The molecule has 0 aliphatic carbocycles. The summed E-state index contributed by atoms with van der Waals surface area (Å²) in [5, 5.41) is 4.48. The topological polar surface area (TPSA) is 43.9 Å². The molecule has 0 atom stereocenters.